The van der Waals surface area contributed by atoms with Crippen LogP contribution in [-0.4, -0.2) is 35.2 Å². The minimum Gasteiger partial charge on any atom is -0.480 e. The summed E-state index contributed by atoms with van der Waals surface area (Å²) in [6, 6.07) is 0. The molecule has 0 aromatic carbocycles. The van der Waals surface area contributed by atoms with E-state index in [4.69, 9.17) is 9.84 Å². The predicted octanol–water partition coefficient (Wildman–Crippen LogP) is 0.145. The lowest BCUT2D eigenvalue weighted by molar-refractivity contribution is -0.154. The third kappa shape index (κ3) is 2.23. The molecule has 0 aromatic rings. The number of nitrogens with one attached hydrogen (secondary N) is 1. The van der Waals surface area contributed by atoms with Crippen LogP contribution in [0.1, 0.15) is 26.7 Å². The van der Waals surface area contributed by atoms with E-state index in [1.54, 1.807) is 6.92 Å². The first kappa shape index (κ1) is 11.0. The molecule has 0 radical (unpaired) electrons. The molecule has 0 aliphatic carbocycles. The molecule has 0 bridgehead atoms. The number of hydrogen-bond acceptors (Lipinski definition) is 3. The number of rotatable bonds is 2. The van der Waals surface area contributed by atoms with Crippen LogP contribution in [0.2, 0.25) is 0 Å². The average Bonchev–Trinajstić information content (AvgIpc) is 2.02. The van der Waals surface area contributed by atoms with Crippen LogP contribution < -0.4 is 5.32 Å². The van der Waals surface area contributed by atoms with Crippen molar-refractivity contribution < 1.29 is 19.4 Å². The van der Waals surface area contributed by atoms with Gasteiger partial charge in [0.15, 0.2) is 0 Å². The van der Waals surface area contributed by atoms with Crippen molar-refractivity contribution in [1.82, 2.24) is 5.32 Å². The topological polar surface area (TPSA) is 75.6 Å². The highest BCUT2D eigenvalue weighted by Crippen LogP contribution is 2.25. The van der Waals surface area contributed by atoms with Gasteiger partial charge in [0.2, 0.25) is 5.91 Å². The molecule has 5 nitrogen and oxygen atoms in total. The number of amides is 1. The molecule has 0 aromatic heterocycles. The number of aliphatic carboxylic acids is 1. The van der Waals surface area contributed by atoms with Crippen LogP contribution >= 0.6 is 0 Å². The normalized spacial score (nSPS) is 32.3. The smallest absolute Gasteiger partial charge is 0.329 e. The molecule has 80 valence electrons. The lowest BCUT2D eigenvalue weighted by Gasteiger charge is -2.36. The second-order valence-electron chi connectivity index (χ2n) is 3.70. The third-order valence-corrected chi connectivity index (χ3v) is 2.39. The third-order valence-electron chi connectivity index (χ3n) is 2.39. The first-order valence-electron chi connectivity index (χ1n) is 4.60. The largest absolute Gasteiger partial charge is 0.480 e. The van der Waals surface area contributed by atoms with E-state index in [-0.39, 0.29) is 12.0 Å². The van der Waals surface area contributed by atoms with Gasteiger partial charge in [-0.25, -0.2) is 4.79 Å². The SMILES string of the molecule is CC(=O)NC1(C(=O)O)CCOC(C)C1. The number of ether oxygens (including phenoxy) is 1. The maximum atomic E-state index is 11.1. The standard InChI is InChI=1S/C9H15NO4/c1-6-5-9(8(12)13,3-4-14-6)10-7(2)11/h6H,3-5H2,1-2H3,(H,10,11)(H,12,13). The van der Waals surface area contributed by atoms with Crippen molar-refractivity contribution in [1.29, 1.82) is 0 Å². The van der Waals surface area contributed by atoms with Crippen LogP contribution in [0.25, 0.3) is 0 Å². The fourth-order valence-corrected chi connectivity index (χ4v) is 1.78. The molecule has 1 aliphatic rings. The molecule has 0 spiro atoms. The summed E-state index contributed by atoms with van der Waals surface area (Å²) in [5.41, 5.74) is -1.14. The summed E-state index contributed by atoms with van der Waals surface area (Å²) in [5.74, 6) is -1.30. The molecule has 14 heavy (non-hydrogen) atoms. The van der Waals surface area contributed by atoms with Crippen molar-refractivity contribution in [2.24, 2.45) is 0 Å². The minimum atomic E-state index is -1.14. The molecule has 0 saturated carbocycles. The Hall–Kier alpha value is -1.10. The van der Waals surface area contributed by atoms with Crippen molar-refractivity contribution in [2.45, 2.75) is 38.3 Å². The summed E-state index contributed by atoms with van der Waals surface area (Å²) in [4.78, 5) is 22.0. The van der Waals surface area contributed by atoms with Gasteiger partial charge in [-0.15, -0.1) is 0 Å². The Morgan fingerprint density at radius 3 is 2.64 bits per heavy atom. The van der Waals surface area contributed by atoms with E-state index in [2.05, 4.69) is 5.32 Å². The average molecular weight is 201 g/mol. The van der Waals surface area contributed by atoms with Crippen molar-refractivity contribution in [3.05, 3.63) is 0 Å². The Kier molecular flexibility index (Phi) is 3.10. The summed E-state index contributed by atoms with van der Waals surface area (Å²) in [5, 5.41) is 11.6. The van der Waals surface area contributed by atoms with E-state index in [1.165, 1.54) is 6.92 Å². The summed E-state index contributed by atoms with van der Waals surface area (Å²) in [6.07, 6.45) is 0.514. The molecule has 2 atom stereocenters. The van der Waals surface area contributed by atoms with E-state index in [0.717, 1.165) is 0 Å². The van der Waals surface area contributed by atoms with Gasteiger partial charge < -0.3 is 15.2 Å². The molecule has 1 amide bonds. The number of carbonyl (C=O) groups excluding carboxylic acids is 1. The van der Waals surface area contributed by atoms with E-state index in [1.807, 2.05) is 0 Å². The van der Waals surface area contributed by atoms with E-state index in [0.29, 0.717) is 19.4 Å². The van der Waals surface area contributed by atoms with Gasteiger partial charge in [-0.2, -0.15) is 0 Å². The molecular formula is C9H15NO4. The van der Waals surface area contributed by atoms with E-state index in [9.17, 15) is 9.59 Å². The molecule has 1 rings (SSSR count). The second kappa shape index (κ2) is 3.96. The monoisotopic (exact) mass is 201 g/mol. The second-order valence-corrected chi connectivity index (χ2v) is 3.70. The summed E-state index contributed by atoms with van der Waals surface area (Å²) < 4.78 is 5.25. The molecule has 2 unspecified atom stereocenters. The van der Waals surface area contributed by atoms with Crippen molar-refractivity contribution in [3.63, 3.8) is 0 Å². The van der Waals surface area contributed by atoms with Crippen LogP contribution in [0.4, 0.5) is 0 Å². The van der Waals surface area contributed by atoms with Gasteiger partial charge in [0, 0.05) is 26.4 Å². The van der Waals surface area contributed by atoms with Gasteiger partial charge >= 0.3 is 5.97 Å². The molecule has 1 saturated heterocycles. The maximum Gasteiger partial charge on any atom is 0.329 e. The predicted molar refractivity (Wildman–Crippen MR) is 48.8 cm³/mol. The maximum absolute atomic E-state index is 11.1. The highest BCUT2D eigenvalue weighted by Gasteiger charge is 2.43. The van der Waals surface area contributed by atoms with Gasteiger partial charge in [0.05, 0.1) is 6.10 Å². The fraction of sp³-hybridized carbons (Fsp3) is 0.778. The van der Waals surface area contributed by atoms with Crippen LogP contribution in [0.5, 0.6) is 0 Å². The molecule has 1 aliphatic heterocycles. The highest BCUT2D eigenvalue weighted by molar-refractivity contribution is 5.86. The molecule has 1 fully saturated rings. The minimum absolute atomic E-state index is 0.133. The molecular weight excluding hydrogens is 186 g/mol. The zero-order valence-corrected chi connectivity index (χ0v) is 8.37. The summed E-state index contributed by atoms with van der Waals surface area (Å²) >= 11 is 0. The lowest BCUT2D eigenvalue weighted by atomic mass is 9.87. The van der Waals surface area contributed by atoms with Crippen LogP contribution in [0.15, 0.2) is 0 Å². The zero-order chi connectivity index (χ0) is 10.8. The molecule has 5 heteroatoms. The molecule has 1 heterocycles. The Labute approximate surface area is 82.4 Å². The first-order chi connectivity index (χ1) is 6.46. The summed E-state index contributed by atoms with van der Waals surface area (Å²) in [7, 11) is 0. The van der Waals surface area contributed by atoms with Gasteiger partial charge in [0.1, 0.15) is 5.54 Å². The first-order valence-corrected chi connectivity index (χ1v) is 4.60. The zero-order valence-electron chi connectivity index (χ0n) is 8.37. The van der Waals surface area contributed by atoms with Crippen LogP contribution in [-0.2, 0) is 14.3 Å². The Bertz CT molecular complexity index is 253. The van der Waals surface area contributed by atoms with Crippen molar-refractivity contribution in [3.8, 4) is 0 Å². The number of hydrogen-bond donors (Lipinski definition) is 2. The van der Waals surface area contributed by atoms with Gasteiger partial charge in [0.25, 0.3) is 0 Å². The molecule has 2 N–H and O–H groups in total. The van der Waals surface area contributed by atoms with Crippen molar-refractivity contribution >= 4 is 11.9 Å². The highest BCUT2D eigenvalue weighted by atomic mass is 16.5. The number of carboxylic acid groups (broad SMARTS) is 1. The number of carbonyl (C=O) groups is 2. The lowest BCUT2D eigenvalue weighted by Crippen LogP contribution is -2.58. The fourth-order valence-electron chi connectivity index (χ4n) is 1.78. The van der Waals surface area contributed by atoms with Gasteiger partial charge in [-0.3, -0.25) is 4.79 Å². The van der Waals surface area contributed by atoms with Crippen LogP contribution in [0.3, 0.4) is 0 Å². The van der Waals surface area contributed by atoms with Crippen molar-refractivity contribution in [2.75, 3.05) is 6.61 Å². The quantitative estimate of drug-likeness (QED) is 0.666. The van der Waals surface area contributed by atoms with Crippen LogP contribution in [0, 0.1) is 0 Å². The Morgan fingerprint density at radius 2 is 2.21 bits per heavy atom. The van der Waals surface area contributed by atoms with Gasteiger partial charge in [-0.05, 0) is 6.92 Å². The van der Waals surface area contributed by atoms with E-state index < -0.39 is 11.5 Å². The summed E-state index contributed by atoms with van der Waals surface area (Å²) in [6.45, 7) is 3.50. The Morgan fingerprint density at radius 1 is 1.57 bits per heavy atom. The van der Waals surface area contributed by atoms with Gasteiger partial charge in [-0.1, -0.05) is 0 Å². The Balaban J connectivity index is 2.80. The van der Waals surface area contributed by atoms with E-state index >= 15 is 0 Å². The number of carboxylic acids is 1.